The highest BCUT2D eigenvalue weighted by molar-refractivity contribution is 7.89. The van der Waals surface area contributed by atoms with Gasteiger partial charge in [0.2, 0.25) is 10.0 Å². The number of rotatable bonds is 3. The van der Waals surface area contributed by atoms with Crippen molar-refractivity contribution in [1.29, 1.82) is 0 Å². The zero-order valence-electron chi connectivity index (χ0n) is 11.4. The second kappa shape index (κ2) is 5.41. The summed E-state index contributed by atoms with van der Waals surface area (Å²) in [7, 11) is -2.43. The van der Waals surface area contributed by atoms with Gasteiger partial charge in [-0.3, -0.25) is 4.79 Å². The van der Waals surface area contributed by atoms with Crippen LogP contribution in [-0.2, 0) is 19.6 Å². The third kappa shape index (κ3) is 2.78. The molecule has 6 nitrogen and oxygen atoms in total. The second-order valence-electron chi connectivity index (χ2n) is 5.02. The Labute approximate surface area is 118 Å². The van der Waals surface area contributed by atoms with Gasteiger partial charge >= 0.3 is 5.97 Å². The lowest BCUT2D eigenvalue weighted by Gasteiger charge is -2.20. The summed E-state index contributed by atoms with van der Waals surface area (Å²) in [4.78, 5) is 13.6. The zero-order chi connectivity index (χ0) is 14.9. The highest BCUT2D eigenvalue weighted by Crippen LogP contribution is 2.32. The largest absolute Gasteiger partial charge is 0.469 e. The van der Waals surface area contributed by atoms with Crippen molar-refractivity contribution >= 4 is 21.7 Å². The van der Waals surface area contributed by atoms with Gasteiger partial charge in [-0.15, -0.1) is 0 Å². The highest BCUT2D eigenvalue weighted by atomic mass is 32.2. The molecule has 2 N–H and O–H groups in total. The lowest BCUT2D eigenvalue weighted by molar-refractivity contribution is -0.145. The van der Waals surface area contributed by atoms with Crippen LogP contribution in [0.25, 0.3) is 0 Å². The quantitative estimate of drug-likeness (QED) is 0.824. The van der Waals surface area contributed by atoms with Gasteiger partial charge in [0, 0.05) is 13.1 Å². The van der Waals surface area contributed by atoms with E-state index in [-0.39, 0.29) is 22.7 Å². The molecule has 0 radical (unpaired) electrons. The summed E-state index contributed by atoms with van der Waals surface area (Å²) in [5, 5.41) is 5.23. The Balaban J connectivity index is 2.33. The van der Waals surface area contributed by atoms with Crippen LogP contribution in [0.4, 0.5) is 5.69 Å². The Morgan fingerprint density at radius 3 is 2.60 bits per heavy atom. The molecule has 0 amide bonds. The van der Waals surface area contributed by atoms with Crippen LogP contribution >= 0.6 is 0 Å². The van der Waals surface area contributed by atoms with Gasteiger partial charge in [-0.1, -0.05) is 19.1 Å². The molecule has 1 heterocycles. The minimum Gasteiger partial charge on any atom is -0.469 e. The predicted octanol–water partition coefficient (Wildman–Crippen LogP) is 0.579. The number of benzene rings is 1. The van der Waals surface area contributed by atoms with Gasteiger partial charge in [0.1, 0.15) is 4.90 Å². The predicted molar refractivity (Wildman–Crippen MR) is 74.7 cm³/mol. The molecule has 0 saturated carbocycles. The second-order valence-corrected chi connectivity index (χ2v) is 6.55. The molecule has 0 aromatic heterocycles. The van der Waals surface area contributed by atoms with E-state index in [2.05, 4.69) is 0 Å². The molecule has 7 heteroatoms. The van der Waals surface area contributed by atoms with Crippen LogP contribution in [0.15, 0.2) is 29.2 Å². The standard InChI is InChI=1S/C13H18N2O4S/c1-9-7-15(8-10(9)13(16)19-2)11-5-3-4-6-12(11)20(14,17)18/h3-6,9-10H,7-8H2,1-2H3,(H2,14,17,18). The third-order valence-corrected chi connectivity index (χ3v) is 4.59. The molecular weight excluding hydrogens is 280 g/mol. The number of para-hydroxylation sites is 1. The molecule has 1 aromatic carbocycles. The van der Waals surface area contributed by atoms with Gasteiger partial charge in [-0.25, -0.2) is 13.6 Å². The number of hydrogen-bond acceptors (Lipinski definition) is 5. The van der Waals surface area contributed by atoms with E-state index in [9.17, 15) is 13.2 Å². The number of methoxy groups -OCH3 is 1. The Hall–Kier alpha value is -1.60. The Morgan fingerprint density at radius 2 is 2.00 bits per heavy atom. The maximum Gasteiger partial charge on any atom is 0.310 e. The van der Waals surface area contributed by atoms with E-state index >= 15 is 0 Å². The molecule has 0 aliphatic carbocycles. The summed E-state index contributed by atoms with van der Waals surface area (Å²) in [5.74, 6) is -0.433. The van der Waals surface area contributed by atoms with Crippen molar-refractivity contribution in [3.05, 3.63) is 24.3 Å². The van der Waals surface area contributed by atoms with Crippen molar-refractivity contribution in [3.63, 3.8) is 0 Å². The molecule has 1 aliphatic rings. The van der Waals surface area contributed by atoms with Gasteiger partial charge in [0.25, 0.3) is 0 Å². The summed E-state index contributed by atoms with van der Waals surface area (Å²) in [5.41, 5.74) is 0.535. The number of ether oxygens (including phenoxy) is 1. The normalized spacial score (nSPS) is 22.9. The van der Waals surface area contributed by atoms with Crippen LogP contribution in [0.1, 0.15) is 6.92 Å². The SMILES string of the molecule is COC(=O)C1CN(c2ccccc2S(N)(=O)=O)CC1C. The molecule has 110 valence electrons. The summed E-state index contributed by atoms with van der Waals surface area (Å²) >= 11 is 0. The van der Waals surface area contributed by atoms with Crippen molar-refractivity contribution in [2.24, 2.45) is 17.0 Å². The molecule has 2 rings (SSSR count). The van der Waals surface area contributed by atoms with Gasteiger partial charge in [-0.2, -0.15) is 0 Å². The molecule has 0 bridgehead atoms. The summed E-state index contributed by atoms with van der Waals surface area (Å²) in [6.07, 6.45) is 0. The fraction of sp³-hybridized carbons (Fsp3) is 0.462. The molecule has 0 spiro atoms. The molecule has 2 atom stereocenters. The van der Waals surface area contributed by atoms with Gasteiger partial charge < -0.3 is 9.64 Å². The fourth-order valence-electron chi connectivity index (χ4n) is 2.58. The first-order valence-electron chi connectivity index (χ1n) is 6.29. The van der Waals surface area contributed by atoms with E-state index in [1.54, 1.807) is 18.2 Å². The number of carbonyl (C=O) groups excluding carboxylic acids is 1. The van der Waals surface area contributed by atoms with Crippen molar-refractivity contribution in [3.8, 4) is 0 Å². The first-order valence-corrected chi connectivity index (χ1v) is 7.84. The number of hydrogen-bond donors (Lipinski definition) is 1. The Kier molecular flexibility index (Phi) is 4.01. The zero-order valence-corrected chi connectivity index (χ0v) is 12.3. The van der Waals surface area contributed by atoms with Crippen LogP contribution in [0.5, 0.6) is 0 Å². The van der Waals surface area contributed by atoms with E-state index in [0.29, 0.717) is 18.8 Å². The number of carbonyl (C=O) groups is 1. The molecule has 2 unspecified atom stereocenters. The van der Waals surface area contributed by atoms with Crippen molar-refractivity contribution in [1.82, 2.24) is 0 Å². The van der Waals surface area contributed by atoms with Crippen molar-refractivity contribution in [2.45, 2.75) is 11.8 Å². The van der Waals surface area contributed by atoms with E-state index < -0.39 is 10.0 Å². The Bertz CT molecular complexity index is 615. The average Bonchev–Trinajstić information content (AvgIpc) is 2.79. The molecule has 1 fully saturated rings. The number of primary sulfonamides is 1. The first-order chi connectivity index (χ1) is 9.34. The number of esters is 1. The summed E-state index contributed by atoms with van der Waals surface area (Å²) in [6, 6.07) is 6.55. The summed E-state index contributed by atoms with van der Waals surface area (Å²) < 4.78 is 28.0. The maximum atomic E-state index is 11.7. The van der Waals surface area contributed by atoms with Crippen molar-refractivity contribution in [2.75, 3.05) is 25.1 Å². The van der Waals surface area contributed by atoms with E-state index in [0.717, 1.165) is 0 Å². The van der Waals surface area contributed by atoms with Crippen LogP contribution in [0.3, 0.4) is 0 Å². The van der Waals surface area contributed by atoms with Gasteiger partial charge in [-0.05, 0) is 18.1 Å². The number of anilines is 1. The van der Waals surface area contributed by atoms with Crippen LogP contribution in [0.2, 0.25) is 0 Å². The molecule has 1 aliphatic heterocycles. The van der Waals surface area contributed by atoms with E-state index in [4.69, 9.17) is 9.88 Å². The molecule has 1 aromatic rings. The molecular formula is C13H18N2O4S. The number of sulfonamides is 1. The topological polar surface area (TPSA) is 89.7 Å². The molecule has 20 heavy (non-hydrogen) atoms. The minimum absolute atomic E-state index is 0.0812. The van der Waals surface area contributed by atoms with Crippen LogP contribution in [0, 0.1) is 11.8 Å². The average molecular weight is 298 g/mol. The highest BCUT2D eigenvalue weighted by Gasteiger charge is 2.36. The number of nitrogens with two attached hydrogens (primary N) is 1. The summed E-state index contributed by atoms with van der Waals surface area (Å²) in [6.45, 7) is 2.97. The van der Waals surface area contributed by atoms with Crippen LogP contribution in [-0.4, -0.2) is 34.6 Å². The minimum atomic E-state index is -3.79. The van der Waals surface area contributed by atoms with Gasteiger partial charge in [0.15, 0.2) is 0 Å². The van der Waals surface area contributed by atoms with E-state index in [1.165, 1.54) is 13.2 Å². The fourth-order valence-corrected chi connectivity index (χ4v) is 3.34. The van der Waals surface area contributed by atoms with Crippen LogP contribution < -0.4 is 10.0 Å². The third-order valence-electron chi connectivity index (χ3n) is 3.63. The smallest absolute Gasteiger partial charge is 0.310 e. The van der Waals surface area contributed by atoms with E-state index in [1.807, 2.05) is 11.8 Å². The first kappa shape index (κ1) is 14.8. The molecule has 1 saturated heterocycles. The van der Waals surface area contributed by atoms with Crippen molar-refractivity contribution < 1.29 is 17.9 Å². The maximum absolute atomic E-state index is 11.7. The Morgan fingerprint density at radius 1 is 1.35 bits per heavy atom. The lowest BCUT2D eigenvalue weighted by Crippen LogP contribution is -2.26. The monoisotopic (exact) mass is 298 g/mol. The number of nitrogens with zero attached hydrogens (tertiary/aromatic N) is 1. The van der Waals surface area contributed by atoms with Gasteiger partial charge in [0.05, 0.1) is 18.7 Å². The lowest BCUT2D eigenvalue weighted by atomic mass is 9.99.